The van der Waals surface area contributed by atoms with Crippen molar-refractivity contribution in [2.24, 2.45) is 0 Å². The number of nitrogens with zero attached hydrogens (tertiary/aromatic N) is 2. The van der Waals surface area contributed by atoms with Crippen LogP contribution in [0.25, 0.3) is 11.1 Å². The van der Waals surface area contributed by atoms with Crippen LogP contribution in [0.2, 0.25) is 0 Å². The highest BCUT2D eigenvalue weighted by atomic mass is 16.5. The number of nitriles is 2. The van der Waals surface area contributed by atoms with Crippen molar-refractivity contribution >= 4 is 5.97 Å². The number of ether oxygens (including phenoxy) is 1. The lowest BCUT2D eigenvalue weighted by Gasteiger charge is -2.12. The van der Waals surface area contributed by atoms with Gasteiger partial charge in [0.15, 0.2) is 0 Å². The van der Waals surface area contributed by atoms with Crippen molar-refractivity contribution in [2.45, 2.75) is 0 Å². The molecule has 0 atom stereocenters. The summed E-state index contributed by atoms with van der Waals surface area (Å²) in [7, 11) is 0. The molecular weight excluding hydrogens is 328 g/mol. The first kappa shape index (κ1) is 16.8. The molecule has 0 aliphatic carbocycles. The summed E-state index contributed by atoms with van der Waals surface area (Å²) >= 11 is 0. The van der Waals surface area contributed by atoms with Gasteiger partial charge in [-0.1, -0.05) is 30.3 Å². The molecule has 0 heterocycles. The minimum atomic E-state index is -0.984. The Balaban J connectivity index is 1.97. The lowest BCUT2D eigenvalue weighted by atomic mass is 10.0. The predicted octanol–water partition coefficient (Wildman–Crippen LogP) is 4.59. The Hall–Kier alpha value is -4.09. The van der Waals surface area contributed by atoms with Gasteiger partial charge in [0.05, 0.1) is 16.7 Å². The van der Waals surface area contributed by atoms with Crippen LogP contribution in [0.15, 0.2) is 66.7 Å². The molecule has 3 rings (SSSR count). The van der Waals surface area contributed by atoms with Crippen molar-refractivity contribution in [1.29, 1.82) is 10.5 Å². The zero-order valence-electron chi connectivity index (χ0n) is 13.5. The van der Waals surface area contributed by atoms with Crippen LogP contribution < -0.4 is 4.74 Å². The molecule has 5 heteroatoms. The molecule has 26 heavy (non-hydrogen) atoms. The Morgan fingerprint density at radius 1 is 0.885 bits per heavy atom. The van der Waals surface area contributed by atoms with Crippen LogP contribution in [0.5, 0.6) is 11.5 Å². The van der Waals surface area contributed by atoms with E-state index < -0.39 is 5.97 Å². The van der Waals surface area contributed by atoms with Crippen molar-refractivity contribution in [3.63, 3.8) is 0 Å². The van der Waals surface area contributed by atoms with Gasteiger partial charge in [0.2, 0.25) is 0 Å². The Labute approximate surface area is 149 Å². The van der Waals surface area contributed by atoms with Crippen LogP contribution in [0, 0.1) is 22.7 Å². The summed E-state index contributed by atoms with van der Waals surface area (Å²) < 4.78 is 5.91. The number of aromatic carboxylic acids is 1. The predicted molar refractivity (Wildman–Crippen MR) is 94.8 cm³/mol. The van der Waals surface area contributed by atoms with Gasteiger partial charge < -0.3 is 9.84 Å². The van der Waals surface area contributed by atoms with Gasteiger partial charge in [-0.25, -0.2) is 4.79 Å². The van der Waals surface area contributed by atoms with Gasteiger partial charge in [-0.3, -0.25) is 0 Å². The van der Waals surface area contributed by atoms with Gasteiger partial charge in [-0.15, -0.1) is 0 Å². The Morgan fingerprint density at radius 3 is 2.23 bits per heavy atom. The molecule has 5 nitrogen and oxygen atoms in total. The Bertz CT molecular complexity index is 1060. The average molecular weight is 340 g/mol. The van der Waals surface area contributed by atoms with Gasteiger partial charge >= 0.3 is 5.97 Å². The van der Waals surface area contributed by atoms with Crippen LogP contribution in [0.3, 0.4) is 0 Å². The second-order valence-electron chi connectivity index (χ2n) is 5.41. The van der Waals surface area contributed by atoms with Crippen molar-refractivity contribution in [1.82, 2.24) is 0 Å². The quantitative estimate of drug-likeness (QED) is 0.749. The number of benzene rings is 3. The van der Waals surface area contributed by atoms with Crippen LogP contribution in [0.1, 0.15) is 21.5 Å². The van der Waals surface area contributed by atoms with Gasteiger partial charge in [0.25, 0.3) is 0 Å². The van der Waals surface area contributed by atoms with E-state index in [1.54, 1.807) is 24.3 Å². The van der Waals surface area contributed by atoms with E-state index in [9.17, 15) is 4.79 Å². The Kier molecular flexibility index (Phi) is 4.65. The van der Waals surface area contributed by atoms with Crippen LogP contribution in [-0.2, 0) is 0 Å². The zero-order valence-corrected chi connectivity index (χ0v) is 13.5. The molecule has 0 saturated heterocycles. The molecule has 0 bridgehead atoms. The number of carboxylic acid groups (broad SMARTS) is 1. The fourth-order valence-corrected chi connectivity index (χ4v) is 2.49. The third-order valence-electron chi connectivity index (χ3n) is 3.79. The smallest absolute Gasteiger partial charge is 0.335 e. The fourth-order valence-electron chi connectivity index (χ4n) is 2.49. The maximum absolute atomic E-state index is 11.0. The van der Waals surface area contributed by atoms with E-state index in [-0.39, 0.29) is 16.7 Å². The second-order valence-corrected chi connectivity index (χ2v) is 5.41. The molecule has 0 radical (unpaired) electrons. The van der Waals surface area contributed by atoms with Gasteiger partial charge in [0, 0.05) is 5.56 Å². The van der Waals surface area contributed by atoms with Crippen LogP contribution in [-0.4, -0.2) is 11.1 Å². The highest BCUT2D eigenvalue weighted by Gasteiger charge is 2.10. The molecule has 124 valence electrons. The normalized spacial score (nSPS) is 9.77. The molecule has 3 aromatic carbocycles. The van der Waals surface area contributed by atoms with Gasteiger partial charge in [0.1, 0.15) is 23.6 Å². The maximum atomic E-state index is 11.0. The molecule has 0 amide bonds. The molecule has 0 aliphatic rings. The van der Waals surface area contributed by atoms with Crippen molar-refractivity contribution in [3.8, 4) is 34.8 Å². The maximum Gasteiger partial charge on any atom is 0.335 e. The van der Waals surface area contributed by atoms with Crippen LogP contribution in [0.4, 0.5) is 0 Å². The number of hydrogen-bond acceptors (Lipinski definition) is 4. The number of hydrogen-bond donors (Lipinski definition) is 1. The lowest BCUT2D eigenvalue weighted by molar-refractivity contribution is 0.0697. The van der Waals surface area contributed by atoms with E-state index in [1.807, 2.05) is 30.3 Å². The molecule has 0 aromatic heterocycles. The summed E-state index contributed by atoms with van der Waals surface area (Å²) in [6.45, 7) is 0. The lowest BCUT2D eigenvalue weighted by Crippen LogP contribution is -1.95. The standard InChI is InChI=1S/C21H12N2O3/c22-12-16-9-10-18(11-17(16)13-23)26-20-4-2-1-3-19(20)14-5-7-15(8-6-14)21(24)25/h1-11H,(H,24,25). The third-order valence-corrected chi connectivity index (χ3v) is 3.79. The van der Waals surface area contributed by atoms with Crippen molar-refractivity contribution < 1.29 is 14.6 Å². The number of carboxylic acids is 1. The minimum Gasteiger partial charge on any atom is -0.478 e. The molecule has 0 spiro atoms. The molecular formula is C21H12N2O3. The zero-order chi connectivity index (χ0) is 18.5. The first-order valence-electron chi connectivity index (χ1n) is 7.67. The Morgan fingerprint density at radius 2 is 1.58 bits per heavy atom. The second kappa shape index (κ2) is 7.21. The molecule has 0 saturated carbocycles. The first-order valence-corrected chi connectivity index (χ1v) is 7.67. The number of para-hydroxylation sites is 1. The minimum absolute atomic E-state index is 0.206. The summed E-state index contributed by atoms with van der Waals surface area (Å²) in [6, 6.07) is 22.4. The molecule has 0 unspecified atom stereocenters. The number of rotatable bonds is 4. The average Bonchev–Trinajstić information content (AvgIpc) is 2.68. The first-order chi connectivity index (χ1) is 12.6. The van der Waals surface area contributed by atoms with Crippen molar-refractivity contribution in [3.05, 3.63) is 83.4 Å². The van der Waals surface area contributed by atoms with E-state index >= 15 is 0 Å². The van der Waals surface area contributed by atoms with E-state index in [0.717, 1.165) is 11.1 Å². The monoisotopic (exact) mass is 340 g/mol. The van der Waals surface area contributed by atoms with Gasteiger partial charge in [-0.2, -0.15) is 10.5 Å². The summed E-state index contributed by atoms with van der Waals surface area (Å²) in [6.07, 6.45) is 0. The molecule has 0 aliphatic heterocycles. The topological polar surface area (TPSA) is 94.1 Å². The molecule has 1 N–H and O–H groups in total. The van der Waals surface area contributed by atoms with E-state index in [4.69, 9.17) is 20.4 Å². The summed E-state index contributed by atoms with van der Waals surface area (Å²) in [5.41, 5.74) is 2.33. The highest BCUT2D eigenvalue weighted by molar-refractivity contribution is 5.88. The van der Waals surface area contributed by atoms with E-state index in [0.29, 0.717) is 11.5 Å². The number of carbonyl (C=O) groups is 1. The third kappa shape index (κ3) is 3.38. The molecule has 0 fully saturated rings. The van der Waals surface area contributed by atoms with Crippen molar-refractivity contribution in [2.75, 3.05) is 0 Å². The highest BCUT2D eigenvalue weighted by Crippen LogP contribution is 2.33. The summed E-state index contributed by atoms with van der Waals surface area (Å²) in [5.74, 6) is 0.0158. The molecule has 3 aromatic rings. The largest absolute Gasteiger partial charge is 0.478 e. The summed E-state index contributed by atoms with van der Waals surface area (Å²) in [4.78, 5) is 11.0. The van der Waals surface area contributed by atoms with E-state index in [2.05, 4.69) is 0 Å². The fraction of sp³-hybridized carbons (Fsp3) is 0. The van der Waals surface area contributed by atoms with E-state index in [1.165, 1.54) is 24.3 Å². The summed E-state index contributed by atoms with van der Waals surface area (Å²) in [5, 5.41) is 27.2. The SMILES string of the molecule is N#Cc1ccc(Oc2ccccc2-c2ccc(C(=O)O)cc2)cc1C#N. The van der Waals surface area contributed by atoms with Crippen LogP contribution >= 0.6 is 0 Å². The van der Waals surface area contributed by atoms with Gasteiger partial charge in [-0.05, 0) is 42.0 Å².